The molecule has 2 fully saturated rings. The lowest BCUT2D eigenvalue weighted by Gasteiger charge is -2.56. The Bertz CT molecular complexity index is 583. The lowest BCUT2D eigenvalue weighted by atomic mass is 9.49. The average molecular weight is 316 g/mol. The van der Waals surface area contributed by atoms with Gasteiger partial charge in [0.05, 0.1) is 7.11 Å². The smallest absolute Gasteiger partial charge is 0.119 e. The maximum Gasteiger partial charge on any atom is 0.119 e. The zero-order chi connectivity index (χ0) is 16.0. The molecule has 0 spiro atoms. The molecule has 2 heteroatoms. The van der Waals surface area contributed by atoms with E-state index in [2.05, 4.69) is 25.1 Å². The fraction of sp³-hybridized carbons (Fsp3) is 0.714. The van der Waals surface area contributed by atoms with Crippen molar-refractivity contribution in [3.8, 4) is 5.75 Å². The van der Waals surface area contributed by atoms with Gasteiger partial charge in [-0.25, -0.2) is 4.39 Å². The molecular formula is C21H29FO. The van der Waals surface area contributed by atoms with Crippen molar-refractivity contribution in [2.24, 2.45) is 17.3 Å². The molecule has 3 aliphatic rings. The Balaban J connectivity index is 1.71. The second-order valence-corrected chi connectivity index (χ2v) is 8.00. The maximum atomic E-state index is 14.9. The van der Waals surface area contributed by atoms with E-state index in [-0.39, 0.29) is 5.41 Å². The predicted molar refractivity (Wildman–Crippen MR) is 91.7 cm³/mol. The molecule has 3 aliphatic carbocycles. The van der Waals surface area contributed by atoms with Crippen LogP contribution < -0.4 is 4.74 Å². The summed E-state index contributed by atoms with van der Waals surface area (Å²) in [7, 11) is 1.75. The van der Waals surface area contributed by atoms with Gasteiger partial charge in [-0.3, -0.25) is 0 Å². The molecule has 126 valence electrons. The molecule has 1 unspecified atom stereocenters. The van der Waals surface area contributed by atoms with Crippen LogP contribution in [0.5, 0.6) is 5.75 Å². The number of methoxy groups -OCH3 is 1. The molecule has 0 amide bonds. The van der Waals surface area contributed by atoms with E-state index < -0.39 is 6.17 Å². The van der Waals surface area contributed by atoms with Crippen LogP contribution in [0, 0.1) is 17.3 Å². The minimum absolute atomic E-state index is 0.0181. The van der Waals surface area contributed by atoms with Crippen molar-refractivity contribution in [2.45, 2.75) is 70.4 Å². The van der Waals surface area contributed by atoms with Gasteiger partial charge in [-0.2, -0.15) is 0 Å². The van der Waals surface area contributed by atoms with Crippen LogP contribution in [0.3, 0.4) is 0 Å². The Kier molecular flexibility index (Phi) is 3.90. The minimum Gasteiger partial charge on any atom is -0.497 e. The van der Waals surface area contributed by atoms with Gasteiger partial charge < -0.3 is 4.74 Å². The van der Waals surface area contributed by atoms with Gasteiger partial charge in [0.2, 0.25) is 0 Å². The fourth-order valence-corrected chi connectivity index (χ4v) is 6.27. The zero-order valence-corrected chi connectivity index (χ0v) is 14.5. The third-order valence-corrected chi connectivity index (χ3v) is 7.45. The van der Waals surface area contributed by atoms with E-state index in [1.54, 1.807) is 7.11 Å². The van der Waals surface area contributed by atoms with E-state index in [1.165, 1.54) is 24.0 Å². The van der Waals surface area contributed by atoms with Crippen LogP contribution in [-0.4, -0.2) is 13.3 Å². The summed E-state index contributed by atoms with van der Waals surface area (Å²) in [6, 6.07) is 6.61. The van der Waals surface area contributed by atoms with Gasteiger partial charge in [-0.15, -0.1) is 0 Å². The number of benzene rings is 1. The van der Waals surface area contributed by atoms with Gasteiger partial charge in [0.15, 0.2) is 0 Å². The topological polar surface area (TPSA) is 9.23 Å². The molecule has 0 radical (unpaired) electrons. The second-order valence-electron chi connectivity index (χ2n) is 8.00. The first-order valence-corrected chi connectivity index (χ1v) is 9.50. The van der Waals surface area contributed by atoms with Crippen molar-refractivity contribution < 1.29 is 9.13 Å². The summed E-state index contributed by atoms with van der Waals surface area (Å²) < 4.78 is 20.4. The molecule has 4 rings (SSSR count). The summed E-state index contributed by atoms with van der Waals surface area (Å²) in [6.45, 7) is 2.23. The van der Waals surface area contributed by atoms with E-state index in [0.29, 0.717) is 17.8 Å². The third-order valence-electron chi connectivity index (χ3n) is 7.45. The minimum atomic E-state index is -0.570. The standard InChI is InChI=1S/C21H29FO/c1-3-21-12-11-16-17(19(21)5-4-6-20(21)22)10-8-14-7-9-15(23-2)13-18(14)16/h7,9,13,16-17,19-20H,3-6,8,10-12H2,1-2H3/t16-,17+,19-,20?,21-/m0/s1. The number of hydrogen-bond donors (Lipinski definition) is 0. The summed E-state index contributed by atoms with van der Waals surface area (Å²) >= 11 is 0. The van der Waals surface area contributed by atoms with E-state index in [0.717, 1.165) is 44.3 Å². The van der Waals surface area contributed by atoms with Crippen molar-refractivity contribution in [2.75, 3.05) is 7.11 Å². The molecule has 0 saturated heterocycles. The average Bonchev–Trinajstić information content (AvgIpc) is 2.61. The normalized spacial score (nSPS) is 39.1. The molecule has 0 aromatic heterocycles. The number of rotatable bonds is 2. The first-order chi connectivity index (χ1) is 11.2. The summed E-state index contributed by atoms with van der Waals surface area (Å²) in [4.78, 5) is 0. The van der Waals surface area contributed by atoms with Crippen LogP contribution in [0.1, 0.15) is 68.9 Å². The second kappa shape index (κ2) is 5.79. The number of aryl methyl sites for hydroxylation is 1. The van der Waals surface area contributed by atoms with Crippen molar-refractivity contribution >= 4 is 0 Å². The third kappa shape index (κ3) is 2.24. The molecular weight excluding hydrogens is 287 g/mol. The van der Waals surface area contributed by atoms with E-state index in [4.69, 9.17) is 4.74 Å². The van der Waals surface area contributed by atoms with Crippen LogP contribution in [0.25, 0.3) is 0 Å². The fourth-order valence-electron chi connectivity index (χ4n) is 6.27. The molecule has 0 heterocycles. The first kappa shape index (κ1) is 15.5. The predicted octanol–water partition coefficient (Wildman–Crippen LogP) is 5.67. The summed E-state index contributed by atoms with van der Waals surface area (Å²) in [5, 5.41) is 0. The van der Waals surface area contributed by atoms with E-state index >= 15 is 0 Å². The molecule has 1 nitrogen and oxygen atoms in total. The Morgan fingerprint density at radius 3 is 2.87 bits per heavy atom. The van der Waals surface area contributed by atoms with Gasteiger partial charge in [-0.1, -0.05) is 19.4 Å². The number of alkyl halides is 1. The summed E-state index contributed by atoms with van der Waals surface area (Å²) in [6.07, 6.45) is 8.23. The summed E-state index contributed by atoms with van der Waals surface area (Å²) in [5.41, 5.74) is 2.99. The van der Waals surface area contributed by atoms with Crippen LogP contribution in [0.2, 0.25) is 0 Å². The first-order valence-electron chi connectivity index (χ1n) is 9.50. The molecule has 1 aromatic rings. The molecule has 0 bridgehead atoms. The highest BCUT2D eigenvalue weighted by Gasteiger charge is 2.54. The van der Waals surface area contributed by atoms with Crippen LogP contribution in [-0.2, 0) is 6.42 Å². The Hall–Kier alpha value is -1.05. The lowest BCUT2D eigenvalue weighted by molar-refractivity contribution is -0.0784. The quantitative estimate of drug-likeness (QED) is 0.683. The number of hydrogen-bond acceptors (Lipinski definition) is 1. The SMILES string of the molecule is CC[C@]12CC[C@@H]3c4cc(OC)ccc4CC[C@H]3[C@@H]1CCCC2F. The zero-order valence-electron chi connectivity index (χ0n) is 14.5. The largest absolute Gasteiger partial charge is 0.497 e. The van der Waals surface area contributed by atoms with E-state index in [9.17, 15) is 4.39 Å². The molecule has 0 N–H and O–H groups in total. The van der Waals surface area contributed by atoms with Crippen LogP contribution >= 0.6 is 0 Å². The van der Waals surface area contributed by atoms with E-state index in [1.807, 2.05) is 0 Å². The lowest BCUT2D eigenvalue weighted by Crippen LogP contribution is -2.51. The summed E-state index contributed by atoms with van der Waals surface area (Å²) in [5.74, 6) is 2.88. The van der Waals surface area contributed by atoms with Gasteiger partial charge >= 0.3 is 0 Å². The van der Waals surface area contributed by atoms with Gasteiger partial charge in [0, 0.05) is 5.41 Å². The number of ether oxygens (including phenoxy) is 1. The van der Waals surface area contributed by atoms with Crippen molar-refractivity contribution in [1.82, 2.24) is 0 Å². The monoisotopic (exact) mass is 316 g/mol. The Morgan fingerprint density at radius 1 is 1.22 bits per heavy atom. The molecule has 1 aromatic carbocycles. The highest BCUT2D eigenvalue weighted by atomic mass is 19.1. The van der Waals surface area contributed by atoms with Crippen molar-refractivity contribution in [3.05, 3.63) is 29.3 Å². The van der Waals surface area contributed by atoms with Gasteiger partial charge in [0.25, 0.3) is 0 Å². The molecule has 2 saturated carbocycles. The number of halogens is 1. The maximum absolute atomic E-state index is 14.9. The van der Waals surface area contributed by atoms with Gasteiger partial charge in [-0.05, 0) is 86.0 Å². The van der Waals surface area contributed by atoms with Crippen LogP contribution in [0.15, 0.2) is 18.2 Å². The van der Waals surface area contributed by atoms with Gasteiger partial charge in [0.1, 0.15) is 11.9 Å². The highest BCUT2D eigenvalue weighted by molar-refractivity contribution is 5.40. The molecule has 0 aliphatic heterocycles. The van der Waals surface area contributed by atoms with Crippen molar-refractivity contribution in [3.63, 3.8) is 0 Å². The van der Waals surface area contributed by atoms with Crippen molar-refractivity contribution in [1.29, 1.82) is 0 Å². The van der Waals surface area contributed by atoms with Crippen LogP contribution in [0.4, 0.5) is 4.39 Å². The number of fused-ring (bicyclic) bond motifs is 5. The molecule has 5 atom stereocenters. The Labute approximate surface area is 139 Å². The Morgan fingerprint density at radius 2 is 2.09 bits per heavy atom. The molecule has 23 heavy (non-hydrogen) atoms. The highest BCUT2D eigenvalue weighted by Crippen LogP contribution is 2.61.